The van der Waals surface area contributed by atoms with Crippen LogP contribution in [0.3, 0.4) is 0 Å². The smallest absolute Gasteiger partial charge is 0.126 e. The number of aryl methyl sites for hydroxylation is 1. The average molecular weight is 299 g/mol. The Balaban J connectivity index is 0.00000147. The topological polar surface area (TPSA) is 29.3 Å². The standard InChI is InChI=1S/C16H23FN2.ClH/c1-11-5-6-12(7-15(11)17)8-19-9-13-3-2-4-16(18)14(13)10-19;/h5-7,13-14,16H,2-4,8-10,18H2,1H3;1H. The highest BCUT2D eigenvalue weighted by atomic mass is 35.5. The normalized spacial score (nSPS) is 29.9. The lowest BCUT2D eigenvalue weighted by atomic mass is 9.78. The molecule has 1 aromatic rings. The Morgan fingerprint density at radius 3 is 2.80 bits per heavy atom. The maximum Gasteiger partial charge on any atom is 0.126 e. The highest BCUT2D eigenvalue weighted by molar-refractivity contribution is 5.85. The summed E-state index contributed by atoms with van der Waals surface area (Å²) >= 11 is 0. The third-order valence-electron chi connectivity index (χ3n) is 4.87. The Hall–Kier alpha value is -0.640. The van der Waals surface area contributed by atoms with Gasteiger partial charge in [-0.3, -0.25) is 4.90 Å². The van der Waals surface area contributed by atoms with Crippen LogP contribution in [0.2, 0.25) is 0 Å². The molecule has 2 fully saturated rings. The molecule has 20 heavy (non-hydrogen) atoms. The van der Waals surface area contributed by atoms with Crippen molar-refractivity contribution in [1.82, 2.24) is 4.90 Å². The second-order valence-electron chi connectivity index (χ2n) is 6.30. The number of fused-ring (bicyclic) bond motifs is 1. The highest BCUT2D eigenvalue weighted by Crippen LogP contribution is 2.36. The molecule has 1 saturated heterocycles. The van der Waals surface area contributed by atoms with Gasteiger partial charge in [0, 0.05) is 25.7 Å². The Morgan fingerprint density at radius 2 is 2.10 bits per heavy atom. The lowest BCUT2D eigenvalue weighted by molar-refractivity contribution is 0.259. The summed E-state index contributed by atoms with van der Waals surface area (Å²) in [6, 6.07) is 5.97. The van der Waals surface area contributed by atoms with Gasteiger partial charge in [-0.15, -0.1) is 12.4 Å². The fourth-order valence-corrected chi connectivity index (χ4v) is 3.73. The molecule has 0 aromatic heterocycles. The molecule has 3 atom stereocenters. The predicted octanol–water partition coefficient (Wildman–Crippen LogP) is 3.12. The number of nitrogens with two attached hydrogens (primary N) is 1. The third-order valence-corrected chi connectivity index (χ3v) is 4.87. The van der Waals surface area contributed by atoms with E-state index in [9.17, 15) is 4.39 Å². The van der Waals surface area contributed by atoms with Crippen LogP contribution in [-0.4, -0.2) is 24.0 Å². The van der Waals surface area contributed by atoms with E-state index in [4.69, 9.17) is 5.73 Å². The van der Waals surface area contributed by atoms with Gasteiger partial charge in [-0.2, -0.15) is 0 Å². The van der Waals surface area contributed by atoms with E-state index < -0.39 is 0 Å². The third kappa shape index (κ3) is 3.16. The molecule has 112 valence electrons. The van der Waals surface area contributed by atoms with E-state index >= 15 is 0 Å². The van der Waals surface area contributed by atoms with Gasteiger partial charge in [0.05, 0.1) is 0 Å². The molecular weight excluding hydrogens is 275 g/mol. The van der Waals surface area contributed by atoms with Gasteiger partial charge in [0.25, 0.3) is 0 Å². The van der Waals surface area contributed by atoms with Crippen LogP contribution in [0.1, 0.15) is 30.4 Å². The first-order chi connectivity index (χ1) is 9.13. The maximum atomic E-state index is 13.6. The van der Waals surface area contributed by atoms with Gasteiger partial charge in [0.15, 0.2) is 0 Å². The van der Waals surface area contributed by atoms with Crippen molar-refractivity contribution in [2.24, 2.45) is 17.6 Å². The van der Waals surface area contributed by atoms with Gasteiger partial charge in [-0.05, 0) is 48.8 Å². The summed E-state index contributed by atoms with van der Waals surface area (Å²) in [6.07, 6.45) is 3.76. The number of hydrogen-bond donors (Lipinski definition) is 1. The van der Waals surface area contributed by atoms with E-state index in [0.717, 1.165) is 36.7 Å². The molecule has 1 aromatic carbocycles. The fourth-order valence-electron chi connectivity index (χ4n) is 3.73. The summed E-state index contributed by atoms with van der Waals surface area (Å²) in [5.41, 5.74) is 8.03. The zero-order valence-electron chi connectivity index (χ0n) is 12.0. The number of nitrogens with zero attached hydrogens (tertiary/aromatic N) is 1. The quantitative estimate of drug-likeness (QED) is 0.909. The molecule has 2 aliphatic rings. The van der Waals surface area contributed by atoms with Crippen LogP contribution in [0.5, 0.6) is 0 Å². The first-order valence-corrected chi connectivity index (χ1v) is 7.36. The summed E-state index contributed by atoms with van der Waals surface area (Å²) in [4.78, 5) is 2.45. The van der Waals surface area contributed by atoms with E-state index in [-0.39, 0.29) is 18.2 Å². The van der Waals surface area contributed by atoms with Crippen molar-refractivity contribution < 1.29 is 4.39 Å². The number of hydrogen-bond acceptors (Lipinski definition) is 2. The average Bonchev–Trinajstić information content (AvgIpc) is 2.78. The predicted molar refractivity (Wildman–Crippen MR) is 82.5 cm³/mol. The second kappa shape index (κ2) is 6.42. The molecule has 3 rings (SSSR count). The Kier molecular flexibility index (Phi) is 5.05. The van der Waals surface area contributed by atoms with Crippen LogP contribution >= 0.6 is 12.4 Å². The summed E-state index contributed by atoms with van der Waals surface area (Å²) in [6.45, 7) is 4.88. The van der Waals surface area contributed by atoms with Gasteiger partial charge in [-0.1, -0.05) is 18.6 Å². The lowest BCUT2D eigenvalue weighted by Crippen LogP contribution is -2.38. The second-order valence-corrected chi connectivity index (χ2v) is 6.30. The van der Waals surface area contributed by atoms with Gasteiger partial charge in [0.1, 0.15) is 5.82 Å². The van der Waals surface area contributed by atoms with Crippen LogP contribution in [0.25, 0.3) is 0 Å². The van der Waals surface area contributed by atoms with Crippen molar-refractivity contribution in [2.75, 3.05) is 13.1 Å². The van der Waals surface area contributed by atoms with E-state index in [0.29, 0.717) is 12.0 Å². The monoisotopic (exact) mass is 298 g/mol. The van der Waals surface area contributed by atoms with Crippen LogP contribution in [0, 0.1) is 24.6 Å². The molecule has 1 aliphatic carbocycles. The van der Waals surface area contributed by atoms with Crippen molar-refractivity contribution in [3.63, 3.8) is 0 Å². The molecule has 0 amide bonds. The van der Waals surface area contributed by atoms with Crippen molar-refractivity contribution in [3.05, 3.63) is 35.1 Å². The van der Waals surface area contributed by atoms with Crippen molar-refractivity contribution >= 4 is 12.4 Å². The zero-order valence-corrected chi connectivity index (χ0v) is 12.8. The maximum absolute atomic E-state index is 13.6. The number of benzene rings is 1. The molecule has 2 nitrogen and oxygen atoms in total. The summed E-state index contributed by atoms with van der Waals surface area (Å²) in [7, 11) is 0. The number of likely N-dealkylation sites (tertiary alicyclic amines) is 1. The van der Waals surface area contributed by atoms with Crippen molar-refractivity contribution in [1.29, 1.82) is 0 Å². The first-order valence-electron chi connectivity index (χ1n) is 7.36. The van der Waals surface area contributed by atoms with Crippen LogP contribution in [-0.2, 0) is 6.54 Å². The SMILES string of the molecule is Cc1ccc(CN2CC3CCCC(N)C3C2)cc1F.Cl. The van der Waals surface area contributed by atoms with E-state index in [1.165, 1.54) is 19.3 Å². The van der Waals surface area contributed by atoms with Crippen LogP contribution in [0.4, 0.5) is 4.39 Å². The number of halogens is 2. The van der Waals surface area contributed by atoms with Gasteiger partial charge >= 0.3 is 0 Å². The molecule has 1 aliphatic heterocycles. The lowest BCUT2D eigenvalue weighted by Gasteiger charge is -2.29. The molecule has 0 radical (unpaired) electrons. The van der Waals surface area contributed by atoms with Crippen molar-refractivity contribution in [3.8, 4) is 0 Å². The minimum atomic E-state index is -0.0918. The summed E-state index contributed by atoms with van der Waals surface area (Å²) in [5.74, 6) is 1.33. The molecule has 0 bridgehead atoms. The molecule has 0 spiro atoms. The number of rotatable bonds is 2. The van der Waals surface area contributed by atoms with Crippen molar-refractivity contribution in [2.45, 2.75) is 38.8 Å². The summed E-state index contributed by atoms with van der Waals surface area (Å²) in [5, 5.41) is 0. The molecule has 1 heterocycles. The Labute approximate surface area is 126 Å². The van der Waals surface area contributed by atoms with E-state index in [1.54, 1.807) is 6.07 Å². The fraction of sp³-hybridized carbons (Fsp3) is 0.625. The van der Waals surface area contributed by atoms with Gasteiger partial charge < -0.3 is 5.73 Å². The molecule has 2 N–H and O–H groups in total. The molecule has 3 unspecified atom stereocenters. The zero-order chi connectivity index (χ0) is 13.4. The molecule has 1 saturated carbocycles. The molecular formula is C16H24ClFN2. The van der Waals surface area contributed by atoms with E-state index in [1.807, 2.05) is 19.1 Å². The Morgan fingerprint density at radius 1 is 1.30 bits per heavy atom. The Bertz CT molecular complexity index is 466. The molecule has 4 heteroatoms. The first kappa shape index (κ1) is 15.7. The minimum Gasteiger partial charge on any atom is -0.327 e. The summed E-state index contributed by atoms with van der Waals surface area (Å²) < 4.78 is 13.6. The van der Waals surface area contributed by atoms with Gasteiger partial charge in [0.2, 0.25) is 0 Å². The van der Waals surface area contributed by atoms with Crippen LogP contribution in [0.15, 0.2) is 18.2 Å². The highest BCUT2D eigenvalue weighted by Gasteiger charge is 2.38. The van der Waals surface area contributed by atoms with Crippen LogP contribution < -0.4 is 5.73 Å². The van der Waals surface area contributed by atoms with E-state index in [2.05, 4.69) is 4.90 Å². The minimum absolute atomic E-state index is 0. The van der Waals surface area contributed by atoms with Gasteiger partial charge in [-0.25, -0.2) is 4.39 Å². The largest absolute Gasteiger partial charge is 0.327 e.